The van der Waals surface area contributed by atoms with E-state index in [9.17, 15) is 4.79 Å². The van der Waals surface area contributed by atoms with Gasteiger partial charge in [0.15, 0.2) is 0 Å². The number of hydrogen-bond acceptors (Lipinski definition) is 3. The molecule has 0 amide bonds. The first kappa shape index (κ1) is 10.6. The highest BCUT2D eigenvalue weighted by Gasteiger charge is 2.12. The lowest BCUT2D eigenvalue weighted by atomic mass is 10.3. The zero-order valence-electron chi connectivity index (χ0n) is 7.41. The molecule has 0 saturated heterocycles. The van der Waals surface area contributed by atoms with Crippen molar-refractivity contribution in [1.82, 2.24) is 0 Å². The molecule has 0 spiro atoms. The van der Waals surface area contributed by atoms with Crippen LogP contribution in [-0.2, 0) is 9.53 Å². The highest BCUT2D eigenvalue weighted by molar-refractivity contribution is 9.11. The molecule has 3 nitrogen and oxygen atoms in total. The predicted octanol–water partition coefficient (Wildman–Crippen LogP) is 3.35. The molecule has 1 aromatic carbocycles. The van der Waals surface area contributed by atoms with Crippen LogP contribution in [0.1, 0.15) is 0 Å². The molecule has 0 aromatic heterocycles. The van der Waals surface area contributed by atoms with Crippen LogP contribution in [-0.4, -0.2) is 11.9 Å². The van der Waals surface area contributed by atoms with Gasteiger partial charge >= 0.3 is 5.97 Å². The molecule has 2 rings (SSSR count). The summed E-state index contributed by atoms with van der Waals surface area (Å²) in [7, 11) is 0. The molecule has 0 fully saturated rings. The van der Waals surface area contributed by atoms with Crippen LogP contribution in [0.3, 0.4) is 0 Å². The largest absolute Gasteiger partial charge is 0.404 e. The van der Waals surface area contributed by atoms with E-state index < -0.39 is 5.97 Å². The Labute approximate surface area is 103 Å². The maximum absolute atomic E-state index is 10.8. The smallest absolute Gasteiger partial charge is 0.337 e. The zero-order chi connectivity index (χ0) is 10.8. The summed E-state index contributed by atoms with van der Waals surface area (Å²) in [5.41, 5.74) is 0.701. The number of aliphatic imine (C=N–C) groups is 1. The van der Waals surface area contributed by atoms with Crippen LogP contribution < -0.4 is 0 Å². The highest BCUT2D eigenvalue weighted by Crippen LogP contribution is 2.33. The van der Waals surface area contributed by atoms with Crippen LogP contribution in [0.2, 0.25) is 0 Å². The molecule has 1 aliphatic heterocycles. The standard InChI is InChI=1S/C10H5Br2NO2/c11-6-2-1-3-7(12)10(6)13-8-4-5-9(14)15-8/h1-5H. The minimum absolute atomic E-state index is 0.299. The van der Waals surface area contributed by atoms with Gasteiger partial charge in [-0.15, -0.1) is 0 Å². The lowest BCUT2D eigenvalue weighted by molar-refractivity contribution is -0.129. The van der Waals surface area contributed by atoms with Crippen LogP contribution in [0, 0.1) is 0 Å². The molecule has 0 saturated carbocycles. The van der Waals surface area contributed by atoms with Gasteiger partial charge in [-0.1, -0.05) is 6.07 Å². The second-order valence-electron chi connectivity index (χ2n) is 2.77. The molecule has 76 valence electrons. The summed E-state index contributed by atoms with van der Waals surface area (Å²) in [5.74, 6) is -0.0930. The van der Waals surface area contributed by atoms with E-state index in [2.05, 4.69) is 36.9 Å². The first-order chi connectivity index (χ1) is 7.16. The Bertz CT molecular complexity index is 460. The molecule has 0 bridgehead atoms. The molecular weight excluding hydrogens is 326 g/mol. The van der Waals surface area contributed by atoms with Crippen molar-refractivity contribution in [3.05, 3.63) is 39.3 Å². The Morgan fingerprint density at radius 3 is 2.33 bits per heavy atom. The summed E-state index contributed by atoms with van der Waals surface area (Å²) in [6, 6.07) is 5.61. The van der Waals surface area contributed by atoms with E-state index in [0.29, 0.717) is 11.6 Å². The number of carbonyl (C=O) groups excluding carboxylic acids is 1. The van der Waals surface area contributed by atoms with Crippen LogP contribution in [0.15, 0.2) is 44.3 Å². The second-order valence-corrected chi connectivity index (χ2v) is 4.48. The predicted molar refractivity (Wildman–Crippen MR) is 64.2 cm³/mol. The number of carbonyl (C=O) groups is 1. The number of benzene rings is 1. The molecule has 1 aliphatic rings. The Balaban J connectivity index is 2.40. The van der Waals surface area contributed by atoms with Crippen molar-refractivity contribution in [3.63, 3.8) is 0 Å². The average Bonchev–Trinajstić information content (AvgIpc) is 2.58. The first-order valence-electron chi connectivity index (χ1n) is 4.09. The Hall–Kier alpha value is -0.940. The third-order valence-electron chi connectivity index (χ3n) is 1.73. The van der Waals surface area contributed by atoms with Gasteiger partial charge in [-0.05, 0) is 44.0 Å². The van der Waals surface area contributed by atoms with Crippen molar-refractivity contribution in [2.24, 2.45) is 4.99 Å². The zero-order valence-corrected chi connectivity index (χ0v) is 10.6. The van der Waals surface area contributed by atoms with Gasteiger partial charge in [0.1, 0.15) is 0 Å². The number of para-hydroxylation sites is 1. The van der Waals surface area contributed by atoms with Gasteiger partial charge in [0.25, 0.3) is 0 Å². The van der Waals surface area contributed by atoms with Gasteiger partial charge in [-0.3, -0.25) is 0 Å². The lowest BCUT2D eigenvalue weighted by Crippen LogP contribution is -1.98. The van der Waals surface area contributed by atoms with Crippen molar-refractivity contribution < 1.29 is 9.53 Å². The number of ether oxygens (including phenoxy) is 1. The van der Waals surface area contributed by atoms with E-state index in [1.807, 2.05) is 18.2 Å². The third kappa shape index (κ3) is 2.35. The van der Waals surface area contributed by atoms with Gasteiger partial charge in [-0.25, -0.2) is 9.79 Å². The summed E-state index contributed by atoms with van der Waals surface area (Å²) >= 11 is 6.74. The lowest BCUT2D eigenvalue weighted by Gasteiger charge is -2.01. The quantitative estimate of drug-likeness (QED) is 0.741. The molecule has 0 aliphatic carbocycles. The molecule has 0 unspecified atom stereocenters. The average molecular weight is 331 g/mol. The minimum Gasteiger partial charge on any atom is -0.404 e. The van der Waals surface area contributed by atoms with Crippen molar-refractivity contribution >= 4 is 49.4 Å². The fraction of sp³-hybridized carbons (Fsp3) is 0. The number of esters is 1. The normalized spacial score (nSPS) is 17.2. The van der Waals surface area contributed by atoms with E-state index >= 15 is 0 Å². The summed E-state index contributed by atoms with van der Waals surface area (Å²) < 4.78 is 6.50. The molecule has 0 radical (unpaired) electrons. The van der Waals surface area contributed by atoms with Crippen molar-refractivity contribution in [3.8, 4) is 0 Å². The third-order valence-corrected chi connectivity index (χ3v) is 3.01. The van der Waals surface area contributed by atoms with Gasteiger partial charge in [0.05, 0.1) is 5.69 Å². The molecule has 1 heterocycles. The van der Waals surface area contributed by atoms with Gasteiger partial charge < -0.3 is 4.74 Å². The van der Waals surface area contributed by atoms with Crippen molar-refractivity contribution in [2.75, 3.05) is 0 Å². The molecule has 0 N–H and O–H groups in total. The summed E-state index contributed by atoms with van der Waals surface area (Å²) in [6.45, 7) is 0. The van der Waals surface area contributed by atoms with Crippen LogP contribution in [0.25, 0.3) is 0 Å². The van der Waals surface area contributed by atoms with E-state index in [-0.39, 0.29) is 0 Å². The summed E-state index contributed by atoms with van der Waals surface area (Å²) in [5, 5.41) is 0. The maximum Gasteiger partial charge on any atom is 0.337 e. The van der Waals surface area contributed by atoms with Crippen LogP contribution >= 0.6 is 31.9 Å². The number of hydrogen-bond donors (Lipinski definition) is 0. The number of nitrogens with zero attached hydrogens (tertiary/aromatic N) is 1. The SMILES string of the molecule is O=C1C=CC(=Nc2c(Br)cccc2Br)O1. The molecule has 5 heteroatoms. The Morgan fingerprint density at radius 1 is 1.13 bits per heavy atom. The first-order valence-corrected chi connectivity index (χ1v) is 5.68. The van der Waals surface area contributed by atoms with Crippen LogP contribution in [0.5, 0.6) is 0 Å². The topological polar surface area (TPSA) is 38.7 Å². The van der Waals surface area contributed by atoms with E-state index in [1.165, 1.54) is 12.2 Å². The number of halogens is 2. The summed E-state index contributed by atoms with van der Waals surface area (Å²) in [4.78, 5) is 15.0. The monoisotopic (exact) mass is 329 g/mol. The fourth-order valence-corrected chi connectivity index (χ4v) is 2.25. The highest BCUT2D eigenvalue weighted by atomic mass is 79.9. The Morgan fingerprint density at radius 2 is 1.80 bits per heavy atom. The fourth-order valence-electron chi connectivity index (χ4n) is 1.08. The van der Waals surface area contributed by atoms with E-state index in [4.69, 9.17) is 4.74 Å². The minimum atomic E-state index is -0.392. The van der Waals surface area contributed by atoms with Gasteiger partial charge in [0.2, 0.25) is 5.90 Å². The molecular formula is C10H5Br2NO2. The number of rotatable bonds is 1. The van der Waals surface area contributed by atoms with Crippen LogP contribution in [0.4, 0.5) is 5.69 Å². The van der Waals surface area contributed by atoms with Gasteiger partial charge in [-0.2, -0.15) is 0 Å². The van der Waals surface area contributed by atoms with E-state index in [0.717, 1.165) is 8.95 Å². The Kier molecular flexibility index (Phi) is 3.02. The number of cyclic esters (lactones) is 1. The summed E-state index contributed by atoms with van der Waals surface area (Å²) in [6.07, 6.45) is 2.87. The molecule has 0 atom stereocenters. The van der Waals surface area contributed by atoms with Gasteiger partial charge in [0, 0.05) is 21.1 Å². The maximum atomic E-state index is 10.8. The second kappa shape index (κ2) is 4.28. The van der Waals surface area contributed by atoms with Crippen molar-refractivity contribution in [1.29, 1.82) is 0 Å². The molecule has 1 aromatic rings. The molecule has 15 heavy (non-hydrogen) atoms. The van der Waals surface area contributed by atoms with Crippen molar-refractivity contribution in [2.45, 2.75) is 0 Å². The van der Waals surface area contributed by atoms with E-state index in [1.54, 1.807) is 0 Å².